The van der Waals surface area contributed by atoms with Crippen molar-refractivity contribution in [2.45, 2.75) is 385 Å². The third-order valence-electron chi connectivity index (χ3n) is 18.8. The van der Waals surface area contributed by atoms with Gasteiger partial charge in [-0.3, -0.25) is 23.1 Å². The topological polar surface area (TPSA) is 397 Å². The third kappa shape index (κ3) is 113. The number of carbonyl (C=O) groups is 5. The molecule has 3 unspecified atom stereocenters. The van der Waals surface area contributed by atoms with Gasteiger partial charge in [0, 0.05) is 42.6 Å². The number of carboxylic acids is 5. The van der Waals surface area contributed by atoms with Crippen LogP contribution in [0, 0.1) is 5.92 Å². The zero-order valence-corrected chi connectivity index (χ0v) is 77.2. The first-order chi connectivity index (χ1) is 54.2. The molecule has 0 bridgehead atoms. The molecule has 0 spiro atoms. The van der Waals surface area contributed by atoms with Crippen LogP contribution in [0.1, 0.15) is 385 Å². The fourth-order valence-corrected chi connectivity index (χ4v) is 17.0. The molecule has 3 atom stereocenters. The Morgan fingerprint density at radius 2 is 0.435 bits per heavy atom. The van der Waals surface area contributed by atoms with Crippen LogP contribution in [0.2, 0.25) is 0 Å². The number of carbonyl (C=O) groups excluding carboxylic acids is 4. The molecule has 0 heterocycles. The molecule has 0 rings (SSSR count). The van der Waals surface area contributed by atoms with Gasteiger partial charge in [0.25, 0.3) is 0 Å². The number of aliphatic carboxylic acids is 5. The molecular weight excluding hydrogens is 1570 g/mol. The van der Waals surface area contributed by atoms with Crippen molar-refractivity contribution in [2.75, 3.05) is 24.6 Å². The second kappa shape index (κ2) is 90.4. The van der Waals surface area contributed by atoms with E-state index in [9.17, 15) is 72.4 Å². The molecule has 0 fully saturated rings. The minimum absolute atomic E-state index is 0. The number of unbranched alkanes of at least 4 members (excludes halogenated alkanes) is 40. The van der Waals surface area contributed by atoms with Crippen LogP contribution in [0.25, 0.3) is 0 Å². The molecule has 0 aromatic rings. The molecule has 0 saturated heterocycles. The van der Waals surface area contributed by atoms with Gasteiger partial charge in [-0.25, -0.2) is 4.31 Å². The Balaban J connectivity index is -0.000000655. The van der Waals surface area contributed by atoms with E-state index in [4.69, 9.17) is 29.0 Å². The van der Waals surface area contributed by atoms with Crippen molar-refractivity contribution < 1.29 is 101 Å². The molecule has 0 aliphatic carbocycles. The van der Waals surface area contributed by atoms with Gasteiger partial charge < -0.3 is 74.1 Å². The fourth-order valence-electron chi connectivity index (χ4n) is 12.2. The minimum atomic E-state index is -4.13. The predicted octanol–water partition coefficient (Wildman–Crippen LogP) is 20.1. The summed E-state index contributed by atoms with van der Waals surface area (Å²) in [6.07, 6.45) is 91.7. The van der Waals surface area contributed by atoms with E-state index in [0.29, 0.717) is 51.4 Å². The third-order valence-corrected chi connectivity index (χ3v) is 24.4. The minimum Gasteiger partial charge on any atom is -0.550 e. The second-order valence-electron chi connectivity index (χ2n) is 29.9. The van der Waals surface area contributed by atoms with Gasteiger partial charge in [0.2, 0.25) is 0 Å². The summed E-state index contributed by atoms with van der Waals surface area (Å²) in [5.41, 5.74) is 0. The maximum Gasteiger partial charge on any atom is 2.00 e. The van der Waals surface area contributed by atoms with Crippen molar-refractivity contribution in [3.8, 4) is 0 Å². The van der Waals surface area contributed by atoms with Gasteiger partial charge in [0.15, 0.2) is 0 Å². The summed E-state index contributed by atoms with van der Waals surface area (Å²) in [6.45, 7) is 0. The second-order valence-corrected chi connectivity index (χ2v) is 37.5. The van der Waals surface area contributed by atoms with Crippen LogP contribution in [-0.2, 0) is 46.5 Å². The zero-order chi connectivity index (χ0) is 84.2. The Morgan fingerprint density at radius 3 is 0.643 bits per heavy atom. The van der Waals surface area contributed by atoms with E-state index in [1.54, 1.807) is 0 Å². The van der Waals surface area contributed by atoms with Crippen molar-refractivity contribution in [1.29, 1.82) is 0 Å². The van der Waals surface area contributed by atoms with Crippen LogP contribution < -0.4 is 20.4 Å². The van der Waals surface area contributed by atoms with Gasteiger partial charge >= 0.3 is 82.5 Å². The van der Waals surface area contributed by atoms with Crippen molar-refractivity contribution in [3.63, 3.8) is 0 Å². The maximum absolute atomic E-state index is 12.4. The van der Waals surface area contributed by atoms with Crippen LogP contribution in [0.5, 0.6) is 0 Å². The molecule has 0 aliphatic rings. The fraction of sp³-hybridized carbons (Fsp3) is 0.739. The largest absolute Gasteiger partial charge is 2.00 e. The Hall–Kier alpha value is -2.82. The monoisotopic (exact) mass is 1720 g/mol. The normalized spacial score (nSPS) is 13.4. The van der Waals surface area contributed by atoms with Crippen LogP contribution in [-0.4, -0.2) is 135 Å². The van der Waals surface area contributed by atoms with Gasteiger partial charge in [-0.15, -0.1) is 0 Å². The summed E-state index contributed by atoms with van der Waals surface area (Å²) < 4.78 is 51.0. The molecule has 0 aromatic heterocycles. The Bertz CT molecular complexity index is 2700. The number of hydrogen-bond donors (Lipinski definition) is 7. The summed E-state index contributed by atoms with van der Waals surface area (Å²) in [5.74, 6) is -4.84. The molecule has 0 amide bonds. The summed E-state index contributed by atoms with van der Waals surface area (Å²) in [6, 6.07) is 0. The maximum atomic E-state index is 12.4. The van der Waals surface area contributed by atoms with E-state index >= 15 is 0 Å². The molecule has 0 aliphatic heterocycles. The van der Waals surface area contributed by atoms with Crippen LogP contribution in [0.4, 0.5) is 0 Å². The first-order valence-electron chi connectivity index (χ1n) is 43.5. The van der Waals surface area contributed by atoms with Crippen molar-refractivity contribution in [3.05, 3.63) is 109 Å². The Morgan fingerprint density at radius 1 is 0.252 bits per heavy atom. The van der Waals surface area contributed by atoms with E-state index in [0.717, 1.165) is 308 Å². The first kappa shape index (κ1) is 121. The van der Waals surface area contributed by atoms with E-state index in [-0.39, 0.29) is 102 Å². The smallest absolute Gasteiger partial charge is 0.550 e. The molecule has 7 N–H and O–H groups in total. The number of rotatable bonds is 81. The van der Waals surface area contributed by atoms with Gasteiger partial charge in [0.1, 0.15) is 0 Å². The molecule has 115 heavy (non-hydrogen) atoms. The van der Waals surface area contributed by atoms with Crippen LogP contribution >= 0.6 is 30.4 Å². The SMILES string of the molecule is O=C(O)CCCCCCC/C=C\C/C=C\CCCCCP(=O)(O)O.O=C([O-])CCCCCCC/C=C\C/C=C\CCCCCP(=O)(O)O.O=C([O-])CCCCCCC/C=C\C/C=C\CCCCCP(=O)(O)OP(=O)(O)CCCCC/C=C\C/C=C\CCCCCCC(CCCCCC/C=C\CCCCCCCC(=O)[O-])C(=O)[O-].[Mg+2].[Mg+2]. The molecule has 0 radical (unpaired) electrons. The van der Waals surface area contributed by atoms with E-state index < -0.39 is 60.2 Å². The average Bonchev–Trinajstić information content (AvgIpc) is 0.868. The first-order valence-corrected chi connectivity index (χ1v) is 50.6. The summed E-state index contributed by atoms with van der Waals surface area (Å²) in [5, 5.41) is 51.2. The molecule has 0 aromatic carbocycles. The van der Waals surface area contributed by atoms with Gasteiger partial charge in [0.05, 0.1) is 12.3 Å². The van der Waals surface area contributed by atoms with Crippen molar-refractivity contribution in [2.24, 2.45) is 5.92 Å². The summed E-state index contributed by atoms with van der Waals surface area (Å²) >= 11 is 0. The predicted molar refractivity (Wildman–Crippen MR) is 466 cm³/mol. The molecule has 656 valence electrons. The standard InChI is InChI=1S/C52H92O11P2.2C18H33O5P.2Mg/c53-50(54)45-39-33-27-21-15-9-2-1-4-11-17-23-29-35-41-47-64(59,60)63-65(61,62)48-42-36-30-24-18-12-5-3-7-13-19-25-31-37-43-49(52(57)58)44-38-32-26-20-14-8-6-10-16-22-28-34-40-46-51(55)56;2*19-18(20)16-14-12-10-8-6-4-2-1-3-5-7-9-11-13-15-17-24(21,22)23;;/h1-3,6-8,11-12,17-18,49H,4-5,9-10,13-16,19-48H2,(H,53,54)(H,55,56)(H,57,58)(H,59,60)(H,61,62);2*1-2,5,7H,3-4,6,8-17H2,(H,19,20)(H2,21,22,23);;/q;;;2*+2/p-4/b2-1-,7-3-,8-6-,17-11-,18-12-;2*2-1-,7-5-;;. The van der Waals surface area contributed by atoms with Crippen LogP contribution in [0.15, 0.2) is 109 Å². The molecule has 27 heteroatoms. The van der Waals surface area contributed by atoms with Gasteiger partial charge in [-0.05, 0) is 243 Å². The molecular formula is C88H154Mg2O21P4. The molecule has 0 saturated carbocycles. The number of hydrogen-bond acceptors (Lipinski definition) is 14. The van der Waals surface area contributed by atoms with E-state index in [1.165, 1.54) is 0 Å². The van der Waals surface area contributed by atoms with Crippen molar-refractivity contribution >= 4 is 106 Å². The summed E-state index contributed by atoms with van der Waals surface area (Å²) in [4.78, 5) is 108. The van der Waals surface area contributed by atoms with E-state index in [1.807, 2.05) is 0 Å². The van der Waals surface area contributed by atoms with Crippen molar-refractivity contribution in [1.82, 2.24) is 0 Å². The Labute approximate surface area is 727 Å². The quantitative estimate of drug-likeness (QED) is 0.0129. The van der Waals surface area contributed by atoms with Gasteiger partial charge in [-0.2, -0.15) is 0 Å². The zero-order valence-electron chi connectivity index (χ0n) is 70.8. The number of allylic oxidation sites excluding steroid dienone is 18. The Kier molecular flexibility index (Phi) is 94.9. The average molecular weight is 1720 g/mol. The van der Waals surface area contributed by atoms with E-state index in [2.05, 4.69) is 109 Å². The number of carboxylic acid groups (broad SMARTS) is 5. The van der Waals surface area contributed by atoms with Crippen LogP contribution in [0.3, 0.4) is 0 Å². The summed E-state index contributed by atoms with van der Waals surface area (Å²) in [7, 11) is -15.9. The molecule has 21 nitrogen and oxygen atoms in total. The van der Waals surface area contributed by atoms with Gasteiger partial charge in [-0.1, -0.05) is 251 Å².